The van der Waals surface area contributed by atoms with E-state index < -0.39 is 0 Å². The third-order valence-corrected chi connectivity index (χ3v) is 3.88. The topological polar surface area (TPSA) is 24.5 Å². The molecule has 1 N–H and O–H groups in total. The summed E-state index contributed by atoms with van der Waals surface area (Å²) in [7, 11) is 3.83. The van der Waals surface area contributed by atoms with Gasteiger partial charge in [0.05, 0.1) is 6.61 Å². The summed E-state index contributed by atoms with van der Waals surface area (Å²) in [5.41, 5.74) is 2.78. The molecule has 0 saturated heterocycles. The zero-order chi connectivity index (χ0) is 15.7. The van der Waals surface area contributed by atoms with Crippen molar-refractivity contribution in [2.24, 2.45) is 5.92 Å². The molecule has 1 aromatic carbocycles. The summed E-state index contributed by atoms with van der Waals surface area (Å²) in [6.07, 6.45) is 1.12. The van der Waals surface area contributed by atoms with Gasteiger partial charge in [0.2, 0.25) is 0 Å². The normalized spacial score (nSPS) is 13.1. The largest absolute Gasteiger partial charge is 0.383 e. The minimum absolute atomic E-state index is 0.420. The highest BCUT2D eigenvalue weighted by atomic mass is 16.5. The van der Waals surface area contributed by atoms with E-state index in [2.05, 4.69) is 62.3 Å². The van der Waals surface area contributed by atoms with E-state index in [-0.39, 0.29) is 0 Å². The van der Waals surface area contributed by atoms with Gasteiger partial charge in [0.25, 0.3) is 0 Å². The molecule has 1 aromatic rings. The highest BCUT2D eigenvalue weighted by molar-refractivity contribution is 5.28. The number of hydrogen-bond donors (Lipinski definition) is 1. The molecule has 0 radical (unpaired) electrons. The molecule has 0 aliphatic carbocycles. The average molecular weight is 292 g/mol. The van der Waals surface area contributed by atoms with Crippen molar-refractivity contribution in [3.8, 4) is 0 Å². The molecule has 21 heavy (non-hydrogen) atoms. The van der Waals surface area contributed by atoms with E-state index in [1.165, 1.54) is 11.1 Å². The zero-order valence-corrected chi connectivity index (χ0v) is 14.4. The van der Waals surface area contributed by atoms with Crippen LogP contribution < -0.4 is 5.32 Å². The van der Waals surface area contributed by atoms with Crippen LogP contribution in [-0.2, 0) is 4.74 Å². The molecule has 0 aliphatic heterocycles. The Labute approximate surface area is 130 Å². The van der Waals surface area contributed by atoms with Crippen molar-refractivity contribution in [1.82, 2.24) is 10.2 Å². The number of ether oxygens (including phenoxy) is 1. The second-order valence-corrected chi connectivity index (χ2v) is 6.17. The van der Waals surface area contributed by atoms with Crippen molar-refractivity contribution in [2.45, 2.75) is 33.2 Å². The highest BCUT2D eigenvalue weighted by Crippen LogP contribution is 2.20. The fourth-order valence-corrected chi connectivity index (χ4v) is 2.78. The Morgan fingerprint density at radius 3 is 2.48 bits per heavy atom. The van der Waals surface area contributed by atoms with E-state index in [1.54, 1.807) is 7.11 Å². The van der Waals surface area contributed by atoms with Gasteiger partial charge in [0.15, 0.2) is 0 Å². The van der Waals surface area contributed by atoms with Crippen LogP contribution >= 0.6 is 0 Å². The van der Waals surface area contributed by atoms with Gasteiger partial charge >= 0.3 is 0 Å². The summed E-state index contributed by atoms with van der Waals surface area (Å²) < 4.78 is 5.23. The van der Waals surface area contributed by atoms with E-state index in [0.29, 0.717) is 12.0 Å². The Bertz CT molecular complexity index is 393. The Kier molecular flexibility index (Phi) is 8.58. The van der Waals surface area contributed by atoms with E-state index in [4.69, 9.17) is 4.74 Å². The number of aryl methyl sites for hydroxylation is 1. The summed E-state index contributed by atoms with van der Waals surface area (Å²) in [5.74, 6) is 0.688. The molecular formula is C18H32N2O. The molecule has 1 rings (SSSR count). The zero-order valence-electron chi connectivity index (χ0n) is 14.4. The van der Waals surface area contributed by atoms with Gasteiger partial charge in [-0.05, 0) is 37.4 Å². The van der Waals surface area contributed by atoms with Crippen molar-refractivity contribution < 1.29 is 4.74 Å². The smallest absolute Gasteiger partial charge is 0.0589 e. The SMILES string of the molecule is CNC(CCN(CCOC)CC(C)C)c1ccccc1C. The standard InChI is InChI=1S/C18H32N2O/c1-15(2)14-20(12-13-21-5)11-10-18(19-4)17-9-7-6-8-16(17)3/h6-9,15,18-19H,10-14H2,1-5H3. The molecule has 0 aromatic heterocycles. The number of rotatable bonds is 10. The quantitative estimate of drug-likeness (QED) is 0.716. The molecule has 0 spiro atoms. The Morgan fingerprint density at radius 1 is 1.19 bits per heavy atom. The molecule has 3 heteroatoms. The molecule has 0 heterocycles. The lowest BCUT2D eigenvalue weighted by atomic mass is 9.98. The lowest BCUT2D eigenvalue weighted by Gasteiger charge is -2.27. The van der Waals surface area contributed by atoms with E-state index in [1.807, 2.05) is 0 Å². The molecule has 0 bridgehead atoms. The molecular weight excluding hydrogens is 260 g/mol. The first-order valence-electron chi connectivity index (χ1n) is 8.02. The number of nitrogens with zero attached hydrogens (tertiary/aromatic N) is 1. The second-order valence-electron chi connectivity index (χ2n) is 6.17. The summed E-state index contributed by atoms with van der Waals surface area (Å²) in [4.78, 5) is 2.51. The van der Waals surface area contributed by atoms with Crippen LogP contribution in [0.4, 0.5) is 0 Å². The fraction of sp³-hybridized carbons (Fsp3) is 0.667. The van der Waals surface area contributed by atoms with E-state index >= 15 is 0 Å². The summed E-state index contributed by atoms with van der Waals surface area (Å²) in [6, 6.07) is 9.08. The molecule has 0 saturated carbocycles. The maximum atomic E-state index is 5.23. The number of methoxy groups -OCH3 is 1. The van der Waals surface area contributed by atoms with Crippen LogP contribution in [-0.4, -0.2) is 45.3 Å². The molecule has 1 atom stereocenters. The first-order chi connectivity index (χ1) is 10.1. The Balaban J connectivity index is 2.60. The number of hydrogen-bond acceptors (Lipinski definition) is 3. The summed E-state index contributed by atoms with van der Waals surface area (Å²) in [6.45, 7) is 10.8. The lowest BCUT2D eigenvalue weighted by molar-refractivity contribution is 0.137. The van der Waals surface area contributed by atoms with Gasteiger partial charge < -0.3 is 15.0 Å². The molecule has 0 aliphatic rings. The van der Waals surface area contributed by atoms with Crippen molar-refractivity contribution in [1.29, 1.82) is 0 Å². The van der Waals surface area contributed by atoms with Crippen LogP contribution in [0.2, 0.25) is 0 Å². The van der Waals surface area contributed by atoms with Gasteiger partial charge in [-0.2, -0.15) is 0 Å². The number of nitrogens with one attached hydrogen (secondary N) is 1. The highest BCUT2D eigenvalue weighted by Gasteiger charge is 2.14. The Hall–Kier alpha value is -0.900. The maximum Gasteiger partial charge on any atom is 0.0589 e. The summed E-state index contributed by atoms with van der Waals surface area (Å²) >= 11 is 0. The minimum Gasteiger partial charge on any atom is -0.383 e. The van der Waals surface area contributed by atoms with Crippen LogP contribution in [0, 0.1) is 12.8 Å². The van der Waals surface area contributed by atoms with Crippen molar-refractivity contribution in [2.75, 3.05) is 40.4 Å². The van der Waals surface area contributed by atoms with Gasteiger partial charge in [-0.25, -0.2) is 0 Å². The maximum absolute atomic E-state index is 5.23. The molecule has 3 nitrogen and oxygen atoms in total. The number of benzene rings is 1. The Morgan fingerprint density at radius 2 is 1.90 bits per heavy atom. The van der Waals surface area contributed by atoms with E-state index in [9.17, 15) is 0 Å². The predicted molar refractivity (Wildman–Crippen MR) is 90.8 cm³/mol. The van der Waals surface area contributed by atoms with Crippen LogP contribution in [0.3, 0.4) is 0 Å². The fourth-order valence-electron chi connectivity index (χ4n) is 2.78. The monoisotopic (exact) mass is 292 g/mol. The lowest BCUT2D eigenvalue weighted by Crippen LogP contribution is -2.34. The molecule has 120 valence electrons. The molecule has 1 unspecified atom stereocenters. The molecule has 0 fully saturated rings. The minimum atomic E-state index is 0.420. The van der Waals surface area contributed by atoms with Crippen molar-refractivity contribution in [3.05, 3.63) is 35.4 Å². The van der Waals surface area contributed by atoms with E-state index in [0.717, 1.165) is 32.7 Å². The van der Waals surface area contributed by atoms with Crippen LogP contribution in [0.1, 0.15) is 37.4 Å². The summed E-state index contributed by atoms with van der Waals surface area (Å²) in [5, 5.41) is 3.47. The first-order valence-corrected chi connectivity index (χ1v) is 8.02. The van der Waals surface area contributed by atoms with Crippen LogP contribution in [0.15, 0.2) is 24.3 Å². The first kappa shape index (κ1) is 18.1. The molecule has 0 amide bonds. The van der Waals surface area contributed by atoms with Crippen LogP contribution in [0.5, 0.6) is 0 Å². The predicted octanol–water partition coefficient (Wildman–Crippen LogP) is 3.25. The van der Waals surface area contributed by atoms with Gasteiger partial charge in [-0.15, -0.1) is 0 Å². The van der Waals surface area contributed by atoms with Crippen LogP contribution in [0.25, 0.3) is 0 Å². The second kappa shape index (κ2) is 9.93. The van der Waals surface area contributed by atoms with Gasteiger partial charge in [0.1, 0.15) is 0 Å². The van der Waals surface area contributed by atoms with Gasteiger partial charge in [0, 0.05) is 32.8 Å². The third kappa shape index (κ3) is 6.60. The third-order valence-electron chi connectivity index (χ3n) is 3.88. The van der Waals surface area contributed by atoms with Crippen molar-refractivity contribution in [3.63, 3.8) is 0 Å². The van der Waals surface area contributed by atoms with Gasteiger partial charge in [-0.1, -0.05) is 38.1 Å². The average Bonchev–Trinajstić information content (AvgIpc) is 2.46. The van der Waals surface area contributed by atoms with Gasteiger partial charge in [-0.3, -0.25) is 0 Å². The van der Waals surface area contributed by atoms with Crippen molar-refractivity contribution >= 4 is 0 Å².